The first-order valence-corrected chi connectivity index (χ1v) is 16.6. The Bertz CT molecular complexity index is 2740. The van der Waals surface area contributed by atoms with Gasteiger partial charge in [-0.3, -0.25) is 0 Å². The third-order valence-electron chi connectivity index (χ3n) is 10.2. The largest absolute Gasteiger partial charge is 0.309 e. The van der Waals surface area contributed by atoms with E-state index in [0.717, 1.165) is 12.8 Å². The summed E-state index contributed by atoms with van der Waals surface area (Å²) < 4.78 is 2.43. The molecular formula is C46H31N. The molecule has 0 bridgehead atoms. The monoisotopic (exact) mass is 597 g/mol. The lowest BCUT2D eigenvalue weighted by molar-refractivity contribution is 0.986. The number of hydrogen-bond donors (Lipinski definition) is 0. The molecule has 1 heterocycles. The molecule has 9 aromatic rings. The smallest absolute Gasteiger partial charge is 0.0547 e. The van der Waals surface area contributed by atoms with Crippen molar-refractivity contribution in [3.63, 3.8) is 0 Å². The summed E-state index contributed by atoms with van der Waals surface area (Å²) in [6, 6.07) is 56.4. The molecule has 47 heavy (non-hydrogen) atoms. The van der Waals surface area contributed by atoms with Gasteiger partial charge in [-0.15, -0.1) is 0 Å². The normalized spacial score (nSPS) is 12.9. The molecule has 0 spiro atoms. The van der Waals surface area contributed by atoms with Gasteiger partial charge in [0.1, 0.15) is 0 Å². The van der Waals surface area contributed by atoms with E-state index in [0.29, 0.717) is 0 Å². The molecule has 0 saturated heterocycles. The van der Waals surface area contributed by atoms with E-state index in [1.54, 1.807) is 0 Å². The molecule has 1 aromatic heterocycles. The summed E-state index contributed by atoms with van der Waals surface area (Å²) in [5.41, 5.74) is 11.5. The number of aryl methyl sites for hydroxylation is 1. The van der Waals surface area contributed by atoms with Crippen molar-refractivity contribution in [1.29, 1.82) is 0 Å². The third-order valence-corrected chi connectivity index (χ3v) is 10.2. The van der Waals surface area contributed by atoms with Gasteiger partial charge in [-0.05, 0) is 127 Å². The maximum absolute atomic E-state index is 2.43. The molecule has 0 radical (unpaired) electrons. The summed E-state index contributed by atoms with van der Waals surface area (Å²) >= 11 is 0. The number of para-hydroxylation sites is 1. The Morgan fingerprint density at radius 3 is 1.91 bits per heavy atom. The first kappa shape index (κ1) is 26.3. The number of nitrogens with zero attached hydrogens (tertiary/aromatic N) is 1. The summed E-state index contributed by atoms with van der Waals surface area (Å²) in [5, 5.41) is 10.2. The fourth-order valence-corrected chi connectivity index (χ4v) is 7.77. The number of benzene rings is 8. The molecule has 220 valence electrons. The van der Waals surface area contributed by atoms with Gasteiger partial charge >= 0.3 is 0 Å². The highest BCUT2D eigenvalue weighted by Crippen LogP contribution is 2.39. The van der Waals surface area contributed by atoms with Crippen LogP contribution in [0.4, 0.5) is 0 Å². The molecule has 0 unspecified atom stereocenters. The van der Waals surface area contributed by atoms with Gasteiger partial charge in [0.25, 0.3) is 0 Å². The van der Waals surface area contributed by atoms with Gasteiger partial charge in [0.2, 0.25) is 0 Å². The second-order valence-electron chi connectivity index (χ2n) is 12.9. The highest BCUT2D eigenvalue weighted by atomic mass is 15.0. The van der Waals surface area contributed by atoms with Crippen LogP contribution in [0.5, 0.6) is 0 Å². The van der Waals surface area contributed by atoms with Crippen molar-refractivity contribution in [2.75, 3.05) is 0 Å². The average Bonchev–Trinajstić information content (AvgIpc) is 3.48. The quantitative estimate of drug-likeness (QED) is 0.191. The highest BCUT2D eigenvalue weighted by Gasteiger charge is 2.16. The van der Waals surface area contributed by atoms with E-state index in [2.05, 4.69) is 168 Å². The van der Waals surface area contributed by atoms with Crippen molar-refractivity contribution < 1.29 is 0 Å². The highest BCUT2D eigenvalue weighted by molar-refractivity contribution is 6.22. The second-order valence-corrected chi connectivity index (χ2v) is 12.9. The minimum absolute atomic E-state index is 1.14. The summed E-state index contributed by atoms with van der Waals surface area (Å²) in [4.78, 5) is 0. The minimum atomic E-state index is 1.14. The number of allylic oxidation sites excluding steroid dienone is 1. The predicted molar refractivity (Wildman–Crippen MR) is 202 cm³/mol. The molecule has 10 rings (SSSR count). The zero-order chi connectivity index (χ0) is 30.9. The molecule has 8 aromatic carbocycles. The molecule has 0 aliphatic heterocycles. The molecule has 0 amide bonds. The van der Waals surface area contributed by atoms with E-state index >= 15 is 0 Å². The Morgan fingerprint density at radius 2 is 1.06 bits per heavy atom. The van der Waals surface area contributed by atoms with E-state index in [4.69, 9.17) is 0 Å². The van der Waals surface area contributed by atoms with E-state index < -0.39 is 0 Å². The van der Waals surface area contributed by atoms with Crippen LogP contribution in [0, 0.1) is 0 Å². The van der Waals surface area contributed by atoms with Crippen LogP contribution >= 0.6 is 0 Å². The fourth-order valence-electron chi connectivity index (χ4n) is 7.77. The maximum atomic E-state index is 2.43. The van der Waals surface area contributed by atoms with Crippen LogP contribution in [0.25, 0.3) is 88.1 Å². The molecule has 1 aliphatic carbocycles. The van der Waals surface area contributed by atoms with Crippen molar-refractivity contribution in [1.82, 2.24) is 4.57 Å². The molecule has 0 saturated carbocycles. The van der Waals surface area contributed by atoms with Crippen molar-refractivity contribution in [2.45, 2.75) is 12.8 Å². The number of fused-ring (bicyclic) bond motifs is 8. The Labute approximate surface area is 273 Å². The number of aromatic nitrogens is 1. The van der Waals surface area contributed by atoms with Crippen LogP contribution in [-0.4, -0.2) is 4.57 Å². The van der Waals surface area contributed by atoms with E-state index in [-0.39, 0.29) is 0 Å². The molecule has 1 nitrogen and oxygen atoms in total. The first-order valence-electron chi connectivity index (χ1n) is 16.6. The van der Waals surface area contributed by atoms with Crippen molar-refractivity contribution >= 4 is 60.2 Å². The Morgan fingerprint density at radius 1 is 0.426 bits per heavy atom. The van der Waals surface area contributed by atoms with Crippen LogP contribution in [0.15, 0.2) is 158 Å². The van der Waals surface area contributed by atoms with E-state index in [1.165, 1.54) is 93.2 Å². The zero-order valence-electron chi connectivity index (χ0n) is 25.9. The maximum Gasteiger partial charge on any atom is 0.0547 e. The predicted octanol–water partition coefficient (Wildman–Crippen LogP) is 12.5. The molecule has 0 fully saturated rings. The SMILES string of the molecule is C1=Cc2cc(-c3ccc4cc(-c5ccc6ccc7c(c6c5)c5ccccc5n7-c5ccc6ccccc6c5)ccc4c3)ccc2CC1. The standard InChI is InChI=1S/C46H31N/c1-3-9-33-25-35(15-13-30(33)7-1)36-17-18-38-27-39(20-19-37(38)26-36)40-16-14-32-22-24-45-46(43(32)29-40)42-11-5-6-12-44(42)47(45)41-23-21-31-8-2-4-10-34(31)28-41/h2-6,8-29H,1,7H2. The number of rotatable bonds is 3. The lowest BCUT2D eigenvalue weighted by Crippen LogP contribution is -1.94. The van der Waals surface area contributed by atoms with Gasteiger partial charge < -0.3 is 4.57 Å². The van der Waals surface area contributed by atoms with Crippen LogP contribution in [0.1, 0.15) is 17.5 Å². The van der Waals surface area contributed by atoms with Gasteiger partial charge in [-0.1, -0.05) is 115 Å². The van der Waals surface area contributed by atoms with Crippen LogP contribution in [0.2, 0.25) is 0 Å². The first-order chi connectivity index (χ1) is 23.3. The van der Waals surface area contributed by atoms with Gasteiger partial charge in [0, 0.05) is 16.5 Å². The molecule has 0 N–H and O–H groups in total. The van der Waals surface area contributed by atoms with Crippen molar-refractivity contribution in [3.8, 4) is 27.9 Å². The Balaban J connectivity index is 1.10. The van der Waals surface area contributed by atoms with Gasteiger partial charge in [0.05, 0.1) is 11.0 Å². The average molecular weight is 598 g/mol. The summed E-state index contributed by atoms with van der Waals surface area (Å²) in [5.74, 6) is 0. The van der Waals surface area contributed by atoms with Crippen LogP contribution in [0.3, 0.4) is 0 Å². The molecule has 1 heteroatoms. The summed E-state index contributed by atoms with van der Waals surface area (Å²) in [6.45, 7) is 0. The lowest BCUT2D eigenvalue weighted by Gasteiger charge is -2.13. The lowest BCUT2D eigenvalue weighted by atomic mass is 9.92. The van der Waals surface area contributed by atoms with E-state index in [9.17, 15) is 0 Å². The molecular weight excluding hydrogens is 567 g/mol. The zero-order valence-corrected chi connectivity index (χ0v) is 25.9. The Hall–Kier alpha value is -5.92. The van der Waals surface area contributed by atoms with Crippen molar-refractivity contribution in [2.24, 2.45) is 0 Å². The van der Waals surface area contributed by atoms with Gasteiger partial charge in [-0.2, -0.15) is 0 Å². The summed E-state index contributed by atoms with van der Waals surface area (Å²) in [7, 11) is 0. The van der Waals surface area contributed by atoms with Gasteiger partial charge in [0.15, 0.2) is 0 Å². The topological polar surface area (TPSA) is 4.93 Å². The van der Waals surface area contributed by atoms with Crippen molar-refractivity contribution in [3.05, 3.63) is 169 Å². The molecule has 1 aliphatic rings. The fraction of sp³-hybridized carbons (Fsp3) is 0.0435. The Kier molecular flexibility index (Phi) is 5.77. The minimum Gasteiger partial charge on any atom is -0.309 e. The van der Waals surface area contributed by atoms with Crippen LogP contribution in [-0.2, 0) is 6.42 Å². The number of hydrogen-bond acceptors (Lipinski definition) is 0. The van der Waals surface area contributed by atoms with E-state index in [1.807, 2.05) is 0 Å². The second kappa shape index (κ2) is 10.3. The molecule has 0 atom stereocenters. The third kappa shape index (κ3) is 4.24. The van der Waals surface area contributed by atoms with Gasteiger partial charge in [-0.25, -0.2) is 0 Å². The summed E-state index contributed by atoms with van der Waals surface area (Å²) in [6.07, 6.45) is 6.84. The van der Waals surface area contributed by atoms with Crippen LogP contribution < -0.4 is 0 Å².